The number of halogens is 3. The Morgan fingerprint density at radius 2 is 2.08 bits per heavy atom. The summed E-state index contributed by atoms with van der Waals surface area (Å²) in [5, 5.41) is 20.1. The second-order valence-electron chi connectivity index (χ2n) is 5.73. The first kappa shape index (κ1) is 19.5. The smallest absolute Gasteiger partial charge is 0.422 e. The first-order valence-corrected chi connectivity index (χ1v) is 7.59. The molecule has 11 heteroatoms. The molecule has 0 bridgehead atoms. The zero-order valence-corrected chi connectivity index (χ0v) is 13.4. The van der Waals surface area contributed by atoms with Crippen molar-refractivity contribution in [2.24, 2.45) is 0 Å². The third-order valence-electron chi connectivity index (χ3n) is 3.85. The van der Waals surface area contributed by atoms with Gasteiger partial charge in [0.15, 0.2) is 6.61 Å². The van der Waals surface area contributed by atoms with E-state index < -0.39 is 46.9 Å². The predicted molar refractivity (Wildman–Crippen MR) is 81.0 cm³/mol. The van der Waals surface area contributed by atoms with Crippen molar-refractivity contribution < 1.29 is 37.5 Å². The maximum atomic E-state index is 12.7. The molecule has 0 aliphatic carbocycles. The van der Waals surface area contributed by atoms with Crippen LogP contribution in [0.2, 0.25) is 0 Å². The number of carbonyl (C=O) groups excluding carboxylic acids is 1. The molecule has 1 heterocycles. The van der Waals surface area contributed by atoms with Crippen LogP contribution in [-0.2, 0) is 4.79 Å². The summed E-state index contributed by atoms with van der Waals surface area (Å²) >= 11 is 0. The Morgan fingerprint density at radius 3 is 2.65 bits per heavy atom. The standard InChI is InChI=1S/C15H15F3N2O6/c16-15(17,18)8-26-10-3-4-12(20(24)25)11(7-10)14(23)19-5-1-2-9(19)6-13(21)22/h3-4,7,9H,1-2,5-6,8H2,(H,21,22). The minimum Gasteiger partial charge on any atom is -0.484 e. The summed E-state index contributed by atoms with van der Waals surface area (Å²) in [5.41, 5.74) is -1.03. The largest absolute Gasteiger partial charge is 0.484 e. The molecule has 142 valence electrons. The number of aliphatic carboxylic acids is 1. The minimum atomic E-state index is -4.60. The Morgan fingerprint density at radius 1 is 1.38 bits per heavy atom. The van der Waals surface area contributed by atoms with E-state index in [9.17, 15) is 32.9 Å². The highest BCUT2D eigenvalue weighted by atomic mass is 19.4. The average Bonchev–Trinajstić information content (AvgIpc) is 2.98. The zero-order valence-electron chi connectivity index (χ0n) is 13.4. The van der Waals surface area contributed by atoms with Gasteiger partial charge in [0.05, 0.1) is 11.3 Å². The monoisotopic (exact) mass is 376 g/mol. The van der Waals surface area contributed by atoms with Gasteiger partial charge in [-0.05, 0) is 25.0 Å². The van der Waals surface area contributed by atoms with Crippen molar-refractivity contribution in [3.05, 3.63) is 33.9 Å². The van der Waals surface area contributed by atoms with E-state index in [1.165, 1.54) is 4.90 Å². The molecule has 1 atom stereocenters. The lowest BCUT2D eigenvalue weighted by Crippen LogP contribution is -2.37. The van der Waals surface area contributed by atoms with E-state index in [1.54, 1.807) is 0 Å². The van der Waals surface area contributed by atoms with Crippen molar-refractivity contribution in [1.82, 2.24) is 4.90 Å². The molecule has 1 aromatic rings. The number of alkyl halides is 3. The predicted octanol–water partition coefficient (Wildman–Crippen LogP) is 2.62. The van der Waals surface area contributed by atoms with E-state index in [0.717, 1.165) is 18.2 Å². The maximum absolute atomic E-state index is 12.7. The Balaban J connectivity index is 2.30. The summed E-state index contributed by atoms with van der Waals surface area (Å²) in [6.07, 6.45) is -3.96. The van der Waals surface area contributed by atoms with Gasteiger partial charge in [0, 0.05) is 18.7 Å². The van der Waals surface area contributed by atoms with Crippen LogP contribution in [0.3, 0.4) is 0 Å². The van der Waals surface area contributed by atoms with Gasteiger partial charge in [-0.3, -0.25) is 19.7 Å². The van der Waals surface area contributed by atoms with E-state index in [0.29, 0.717) is 12.8 Å². The summed E-state index contributed by atoms with van der Waals surface area (Å²) in [4.78, 5) is 35.1. The van der Waals surface area contributed by atoms with Crippen LogP contribution in [0.25, 0.3) is 0 Å². The van der Waals surface area contributed by atoms with Gasteiger partial charge in [0.2, 0.25) is 0 Å². The molecule has 8 nitrogen and oxygen atoms in total. The van der Waals surface area contributed by atoms with E-state index in [4.69, 9.17) is 5.11 Å². The molecule has 1 aliphatic rings. The quantitative estimate of drug-likeness (QED) is 0.604. The number of ether oxygens (including phenoxy) is 1. The van der Waals surface area contributed by atoms with E-state index >= 15 is 0 Å². The first-order valence-electron chi connectivity index (χ1n) is 7.59. The lowest BCUT2D eigenvalue weighted by Gasteiger charge is -2.23. The Bertz CT molecular complexity index is 722. The van der Waals surface area contributed by atoms with Crippen molar-refractivity contribution in [3.63, 3.8) is 0 Å². The van der Waals surface area contributed by atoms with Crippen LogP contribution in [0.1, 0.15) is 29.6 Å². The van der Waals surface area contributed by atoms with Gasteiger partial charge >= 0.3 is 12.1 Å². The van der Waals surface area contributed by atoms with Crippen molar-refractivity contribution in [1.29, 1.82) is 0 Å². The molecule has 1 fully saturated rings. The summed E-state index contributed by atoms with van der Waals surface area (Å²) in [5.74, 6) is -2.27. The molecule has 1 N–H and O–H groups in total. The molecule has 1 aromatic carbocycles. The van der Waals surface area contributed by atoms with E-state index in [-0.39, 0.29) is 18.7 Å². The molecule has 0 aromatic heterocycles. The third-order valence-corrected chi connectivity index (χ3v) is 3.85. The van der Waals surface area contributed by atoms with Crippen LogP contribution in [0.15, 0.2) is 18.2 Å². The highest BCUT2D eigenvalue weighted by Gasteiger charge is 2.34. The van der Waals surface area contributed by atoms with Crippen molar-refractivity contribution in [3.8, 4) is 5.75 Å². The van der Waals surface area contributed by atoms with Crippen molar-refractivity contribution in [2.75, 3.05) is 13.2 Å². The average molecular weight is 376 g/mol. The number of carboxylic acid groups (broad SMARTS) is 1. The maximum Gasteiger partial charge on any atom is 0.422 e. The summed E-state index contributed by atoms with van der Waals surface area (Å²) in [7, 11) is 0. The molecule has 1 unspecified atom stereocenters. The highest BCUT2D eigenvalue weighted by Crippen LogP contribution is 2.30. The first-order chi connectivity index (χ1) is 12.1. The van der Waals surface area contributed by atoms with Gasteiger partial charge in [-0.2, -0.15) is 13.2 Å². The fraction of sp³-hybridized carbons (Fsp3) is 0.467. The fourth-order valence-corrected chi connectivity index (χ4v) is 2.77. The van der Waals surface area contributed by atoms with Gasteiger partial charge < -0.3 is 14.7 Å². The molecule has 26 heavy (non-hydrogen) atoms. The fourth-order valence-electron chi connectivity index (χ4n) is 2.77. The Labute approximate surface area is 145 Å². The van der Waals surface area contributed by atoms with Crippen LogP contribution in [0, 0.1) is 10.1 Å². The molecule has 2 rings (SSSR count). The minimum absolute atomic E-state index is 0.210. The Kier molecular flexibility index (Phi) is 5.68. The lowest BCUT2D eigenvalue weighted by atomic mass is 10.1. The number of likely N-dealkylation sites (tertiary alicyclic amines) is 1. The lowest BCUT2D eigenvalue weighted by molar-refractivity contribution is -0.385. The van der Waals surface area contributed by atoms with Gasteiger partial charge in [0.25, 0.3) is 11.6 Å². The topological polar surface area (TPSA) is 110 Å². The molecular formula is C15H15F3N2O6. The number of nitrogens with zero attached hydrogens (tertiary/aromatic N) is 2. The molecule has 0 radical (unpaired) electrons. The molecule has 1 aliphatic heterocycles. The van der Waals surface area contributed by atoms with Gasteiger partial charge in [0.1, 0.15) is 11.3 Å². The summed E-state index contributed by atoms with van der Waals surface area (Å²) < 4.78 is 41.3. The number of hydrogen-bond acceptors (Lipinski definition) is 5. The number of amides is 1. The van der Waals surface area contributed by atoms with Gasteiger partial charge in [-0.25, -0.2) is 0 Å². The van der Waals surface area contributed by atoms with Crippen molar-refractivity contribution in [2.45, 2.75) is 31.5 Å². The SMILES string of the molecule is O=C(O)CC1CCCN1C(=O)c1cc(OCC(F)(F)F)ccc1[N+](=O)[O-]. The summed E-state index contributed by atoms with van der Waals surface area (Å²) in [6, 6.07) is 2.11. The van der Waals surface area contributed by atoms with Crippen LogP contribution in [0.4, 0.5) is 18.9 Å². The highest BCUT2D eigenvalue weighted by molar-refractivity contribution is 5.99. The molecular weight excluding hydrogens is 361 g/mol. The molecule has 0 spiro atoms. The van der Waals surface area contributed by atoms with E-state index in [2.05, 4.69) is 4.74 Å². The second-order valence-corrected chi connectivity index (χ2v) is 5.73. The number of nitro benzene ring substituents is 1. The molecule has 0 saturated carbocycles. The number of rotatable bonds is 6. The number of benzene rings is 1. The number of nitro groups is 1. The van der Waals surface area contributed by atoms with Crippen LogP contribution in [0.5, 0.6) is 5.75 Å². The number of hydrogen-bond donors (Lipinski definition) is 1. The molecule has 1 amide bonds. The van der Waals surface area contributed by atoms with Crippen LogP contribution < -0.4 is 4.74 Å². The zero-order chi connectivity index (χ0) is 19.5. The third kappa shape index (κ3) is 4.83. The number of carbonyl (C=O) groups is 2. The number of carboxylic acids is 1. The second kappa shape index (κ2) is 7.58. The van der Waals surface area contributed by atoms with Crippen molar-refractivity contribution >= 4 is 17.6 Å². The summed E-state index contributed by atoms with van der Waals surface area (Å²) in [6.45, 7) is -1.40. The molecule has 1 saturated heterocycles. The normalized spacial score (nSPS) is 17.2. The van der Waals surface area contributed by atoms with Gasteiger partial charge in [-0.15, -0.1) is 0 Å². The Hall–Kier alpha value is -2.85. The van der Waals surface area contributed by atoms with E-state index in [1.807, 2.05) is 0 Å². The van der Waals surface area contributed by atoms with Gasteiger partial charge in [-0.1, -0.05) is 0 Å². The van der Waals surface area contributed by atoms with Crippen LogP contribution in [-0.4, -0.2) is 52.2 Å². The van der Waals surface area contributed by atoms with Crippen LogP contribution >= 0.6 is 0 Å².